The lowest BCUT2D eigenvalue weighted by Gasteiger charge is -2.39. The van der Waals surface area contributed by atoms with E-state index in [9.17, 15) is 79.0 Å². The monoisotopic (exact) mass is 464 g/mol. The fourth-order valence-electron chi connectivity index (χ4n) is 1.42. The Bertz CT molecular complexity index is 551. The van der Waals surface area contributed by atoms with Gasteiger partial charge in [0.15, 0.2) is 0 Å². The molecule has 0 aromatic heterocycles. The second-order valence-electron chi connectivity index (χ2n) is 4.89. The lowest BCUT2D eigenvalue weighted by molar-refractivity contribution is -0.421. The molecule has 0 fully saturated rings. The minimum Gasteiger partial charge on any atom is -0.219 e. The summed E-state index contributed by atoms with van der Waals surface area (Å²) in [6, 6.07) is 0. The van der Waals surface area contributed by atoms with Gasteiger partial charge in [0, 0.05) is 0 Å². The minimum atomic E-state index is -8.13. The van der Waals surface area contributed by atoms with Crippen molar-refractivity contribution in [2.24, 2.45) is 0 Å². The van der Waals surface area contributed by atoms with Crippen molar-refractivity contribution in [1.29, 1.82) is 0 Å². The summed E-state index contributed by atoms with van der Waals surface area (Å²) < 4.78 is 224. The van der Waals surface area contributed by atoms with Crippen LogP contribution in [0.4, 0.5) is 79.0 Å². The lowest BCUT2D eigenvalue weighted by atomic mass is 9.89. The molecule has 0 aliphatic heterocycles. The summed E-state index contributed by atoms with van der Waals surface area (Å²) in [6.07, 6.45) is -35.2. The van der Waals surface area contributed by atoms with Crippen LogP contribution in [0.1, 0.15) is 0 Å². The van der Waals surface area contributed by atoms with Crippen LogP contribution in [-0.4, -0.2) is 47.9 Å². The van der Waals surface area contributed by atoms with Gasteiger partial charge in [0.25, 0.3) is 0 Å². The highest BCUT2D eigenvalue weighted by Crippen LogP contribution is 2.59. The van der Waals surface area contributed by atoms with Crippen molar-refractivity contribution in [2.45, 2.75) is 47.9 Å². The third-order valence-electron chi connectivity index (χ3n) is 2.98. The van der Waals surface area contributed by atoms with E-state index in [1.54, 1.807) is 0 Å². The molecule has 0 saturated carbocycles. The van der Waals surface area contributed by atoms with E-state index in [1.165, 1.54) is 0 Å². The summed E-state index contributed by atoms with van der Waals surface area (Å²) in [5, 5.41) is 0. The zero-order chi connectivity index (χ0) is 23.4. The largest absolute Gasteiger partial charge is 0.438 e. The number of hydrogen-bond acceptors (Lipinski definition) is 0. The third kappa shape index (κ3) is 3.81. The molecule has 0 aromatic carbocycles. The maximum absolute atomic E-state index is 13.1. The van der Waals surface area contributed by atoms with E-state index in [2.05, 4.69) is 0 Å². The van der Waals surface area contributed by atoms with Gasteiger partial charge >= 0.3 is 47.9 Å². The van der Waals surface area contributed by atoms with Crippen molar-refractivity contribution < 1.29 is 79.0 Å². The number of hydrogen-bond donors (Lipinski definition) is 0. The highest BCUT2D eigenvalue weighted by atomic mass is 19.4. The van der Waals surface area contributed by atoms with Crippen LogP contribution in [0.25, 0.3) is 0 Å². The van der Waals surface area contributed by atoms with Crippen molar-refractivity contribution in [3.05, 3.63) is 12.2 Å². The molecule has 168 valence electrons. The molecule has 0 N–H and O–H groups in total. The smallest absolute Gasteiger partial charge is 0.219 e. The molecule has 0 nitrogen and oxygen atoms in total. The molecule has 0 spiro atoms. The predicted molar refractivity (Wildman–Crippen MR) is 50.9 cm³/mol. The van der Waals surface area contributed by atoms with Crippen LogP contribution in [0.3, 0.4) is 0 Å². The van der Waals surface area contributed by atoms with E-state index in [0.29, 0.717) is 0 Å². The first-order chi connectivity index (χ1) is 11.7. The summed E-state index contributed by atoms with van der Waals surface area (Å²) >= 11 is 0. The van der Waals surface area contributed by atoms with Gasteiger partial charge in [0.1, 0.15) is 0 Å². The molecule has 0 aromatic rings. The topological polar surface area (TPSA) is 0 Å². The molecule has 0 aliphatic rings. The summed E-state index contributed by atoms with van der Waals surface area (Å²) in [7, 11) is 0. The summed E-state index contributed by atoms with van der Waals surface area (Å²) in [5.74, 6) is -15.4. The predicted octanol–water partition coefficient (Wildman–Crippen LogP) is 6.48. The van der Waals surface area contributed by atoms with E-state index in [-0.39, 0.29) is 0 Å². The van der Waals surface area contributed by atoms with Gasteiger partial charge in [-0.2, -0.15) is 70.2 Å². The summed E-state index contributed by atoms with van der Waals surface area (Å²) in [6.45, 7) is 0. The van der Waals surface area contributed by atoms with Crippen LogP contribution >= 0.6 is 0 Å². The standard InChI is InChI=1S/C10H2F18/c11-3(7(17,18)19,8(20,21)22)1-2-4(12,13)6(15,16)5(14,9(23,24)25)10(26,27)28/h1-2H/b2-1+. The highest BCUT2D eigenvalue weighted by Gasteiger charge is 2.89. The van der Waals surface area contributed by atoms with Gasteiger partial charge in [-0.05, 0) is 12.2 Å². The van der Waals surface area contributed by atoms with Gasteiger partial charge in [-0.15, -0.1) is 0 Å². The van der Waals surface area contributed by atoms with Crippen molar-refractivity contribution in [3.63, 3.8) is 0 Å². The van der Waals surface area contributed by atoms with E-state index >= 15 is 0 Å². The van der Waals surface area contributed by atoms with E-state index in [4.69, 9.17) is 0 Å². The number of alkyl halides is 18. The number of allylic oxidation sites excluding steroid dienone is 2. The van der Waals surface area contributed by atoms with Gasteiger partial charge in [-0.1, -0.05) is 0 Å². The molecule has 0 aliphatic carbocycles. The SMILES string of the molecule is FC(F)(F)C(F)(/C=C/C(F)(F)C(F)(F)C(F)(C(F)(F)F)C(F)(F)F)C(F)(F)F. The normalized spacial score (nSPS) is 16.8. The first-order valence-corrected chi connectivity index (χ1v) is 5.81. The van der Waals surface area contributed by atoms with Gasteiger partial charge < -0.3 is 0 Å². The highest BCUT2D eigenvalue weighted by molar-refractivity contribution is 5.21. The van der Waals surface area contributed by atoms with Crippen molar-refractivity contribution >= 4 is 0 Å². The van der Waals surface area contributed by atoms with Gasteiger partial charge in [0.05, 0.1) is 0 Å². The molecule has 28 heavy (non-hydrogen) atoms. The molecule has 18 heteroatoms. The zero-order valence-electron chi connectivity index (χ0n) is 12.0. The quantitative estimate of drug-likeness (QED) is 0.330. The second-order valence-corrected chi connectivity index (χ2v) is 4.89. The lowest BCUT2D eigenvalue weighted by Crippen LogP contribution is -2.69. The molecular weight excluding hydrogens is 462 g/mol. The Morgan fingerprint density at radius 1 is 0.357 bits per heavy atom. The first-order valence-electron chi connectivity index (χ1n) is 5.81. The average Bonchev–Trinajstić information content (AvgIpc) is 2.38. The van der Waals surface area contributed by atoms with Crippen molar-refractivity contribution in [1.82, 2.24) is 0 Å². The fraction of sp³-hybridized carbons (Fsp3) is 0.800. The Morgan fingerprint density at radius 2 is 0.643 bits per heavy atom. The van der Waals surface area contributed by atoms with Gasteiger partial charge in [0.2, 0.25) is 0 Å². The maximum atomic E-state index is 13.1. The molecule has 0 unspecified atom stereocenters. The Labute approximate surface area is 140 Å². The second kappa shape index (κ2) is 6.50. The number of halogens is 18. The first kappa shape index (κ1) is 26.5. The molecule has 0 radical (unpaired) electrons. The summed E-state index contributed by atoms with van der Waals surface area (Å²) in [5.41, 5.74) is -15.0. The Hall–Kier alpha value is -1.52. The Kier molecular flexibility index (Phi) is 6.14. The fourth-order valence-corrected chi connectivity index (χ4v) is 1.42. The molecule has 0 amide bonds. The zero-order valence-corrected chi connectivity index (χ0v) is 12.0. The van der Waals surface area contributed by atoms with Crippen LogP contribution in [-0.2, 0) is 0 Å². The van der Waals surface area contributed by atoms with Gasteiger partial charge in [-0.3, -0.25) is 0 Å². The molecular formula is C10H2F18. The maximum Gasteiger partial charge on any atom is 0.438 e. The van der Waals surface area contributed by atoms with Gasteiger partial charge in [-0.25, -0.2) is 8.78 Å². The minimum absolute atomic E-state index is 2.49. The molecule has 0 atom stereocenters. The Morgan fingerprint density at radius 3 is 0.857 bits per heavy atom. The molecule has 0 rings (SSSR count). The summed E-state index contributed by atoms with van der Waals surface area (Å²) in [4.78, 5) is 0. The average molecular weight is 464 g/mol. The molecule has 0 bridgehead atoms. The van der Waals surface area contributed by atoms with Crippen LogP contribution in [0.2, 0.25) is 0 Å². The Balaban J connectivity index is 6.63. The van der Waals surface area contributed by atoms with Crippen LogP contribution in [0.5, 0.6) is 0 Å². The van der Waals surface area contributed by atoms with Crippen LogP contribution < -0.4 is 0 Å². The van der Waals surface area contributed by atoms with E-state index < -0.39 is 60.0 Å². The van der Waals surface area contributed by atoms with Crippen LogP contribution in [0, 0.1) is 0 Å². The van der Waals surface area contributed by atoms with E-state index in [0.717, 1.165) is 0 Å². The molecule has 0 saturated heterocycles. The molecule has 0 heterocycles. The third-order valence-corrected chi connectivity index (χ3v) is 2.98. The number of rotatable bonds is 4. The van der Waals surface area contributed by atoms with Crippen molar-refractivity contribution in [3.8, 4) is 0 Å². The van der Waals surface area contributed by atoms with Crippen LogP contribution in [0.15, 0.2) is 12.2 Å². The van der Waals surface area contributed by atoms with Crippen molar-refractivity contribution in [2.75, 3.05) is 0 Å². The van der Waals surface area contributed by atoms with E-state index in [1.807, 2.05) is 0 Å².